The van der Waals surface area contributed by atoms with Crippen molar-refractivity contribution in [1.82, 2.24) is 4.31 Å². The van der Waals surface area contributed by atoms with Crippen LogP contribution in [0.5, 0.6) is 0 Å². The van der Waals surface area contributed by atoms with Gasteiger partial charge >= 0.3 is 0 Å². The second kappa shape index (κ2) is 7.08. The van der Waals surface area contributed by atoms with Crippen molar-refractivity contribution < 1.29 is 13.3 Å². The van der Waals surface area contributed by atoms with E-state index in [0.717, 1.165) is 6.07 Å². The Hall–Kier alpha value is -1.96. The third-order valence-electron chi connectivity index (χ3n) is 3.32. The smallest absolute Gasteiger partial charge is 0.258 e. The van der Waals surface area contributed by atoms with Gasteiger partial charge in [-0.1, -0.05) is 42.8 Å². The lowest BCUT2D eigenvalue weighted by atomic mass is 10.2. The zero-order chi connectivity index (χ0) is 17.0. The molecule has 0 radical (unpaired) electrons. The molecule has 0 spiro atoms. The molecule has 0 aliphatic carbocycles. The van der Waals surface area contributed by atoms with Crippen LogP contribution >= 0.6 is 11.6 Å². The van der Waals surface area contributed by atoms with Crippen molar-refractivity contribution in [2.75, 3.05) is 6.54 Å². The van der Waals surface area contributed by atoms with Crippen LogP contribution in [-0.2, 0) is 16.6 Å². The van der Waals surface area contributed by atoms with Crippen LogP contribution in [0.1, 0.15) is 12.5 Å². The van der Waals surface area contributed by atoms with Gasteiger partial charge in [-0.2, -0.15) is 4.31 Å². The second-order valence-electron chi connectivity index (χ2n) is 4.78. The number of nitro groups is 1. The van der Waals surface area contributed by atoms with Gasteiger partial charge in [0.2, 0.25) is 10.0 Å². The Morgan fingerprint density at radius 2 is 1.87 bits per heavy atom. The SMILES string of the molecule is CCN(Cc1ccccc1Cl)S(=O)(=O)c1cccc([N+](=O)[O-])c1. The molecular weight excluding hydrogens is 340 g/mol. The molecule has 2 aromatic carbocycles. The summed E-state index contributed by atoms with van der Waals surface area (Å²) in [6, 6.07) is 12.0. The molecule has 23 heavy (non-hydrogen) atoms. The van der Waals surface area contributed by atoms with Gasteiger partial charge in [-0.25, -0.2) is 8.42 Å². The normalized spacial score (nSPS) is 11.6. The van der Waals surface area contributed by atoms with Gasteiger partial charge in [-0.05, 0) is 17.7 Å². The van der Waals surface area contributed by atoms with E-state index in [-0.39, 0.29) is 23.7 Å². The average molecular weight is 355 g/mol. The lowest BCUT2D eigenvalue weighted by Gasteiger charge is -2.21. The molecule has 0 bridgehead atoms. The van der Waals surface area contributed by atoms with Gasteiger partial charge in [0.05, 0.1) is 9.82 Å². The van der Waals surface area contributed by atoms with Crippen LogP contribution in [0.15, 0.2) is 53.4 Å². The molecule has 0 aliphatic rings. The molecule has 2 aromatic rings. The molecule has 0 heterocycles. The van der Waals surface area contributed by atoms with E-state index in [0.29, 0.717) is 10.6 Å². The molecule has 0 saturated carbocycles. The monoisotopic (exact) mass is 354 g/mol. The van der Waals surface area contributed by atoms with E-state index in [4.69, 9.17) is 11.6 Å². The molecule has 0 fully saturated rings. The third-order valence-corrected chi connectivity index (χ3v) is 5.61. The van der Waals surface area contributed by atoms with Crippen molar-refractivity contribution in [1.29, 1.82) is 0 Å². The minimum atomic E-state index is -3.85. The van der Waals surface area contributed by atoms with Gasteiger partial charge in [0.1, 0.15) is 0 Å². The minimum absolute atomic E-state index is 0.0984. The van der Waals surface area contributed by atoms with Crippen molar-refractivity contribution in [3.63, 3.8) is 0 Å². The van der Waals surface area contributed by atoms with Gasteiger partial charge in [-0.15, -0.1) is 0 Å². The van der Waals surface area contributed by atoms with Crippen LogP contribution in [0.3, 0.4) is 0 Å². The minimum Gasteiger partial charge on any atom is -0.258 e. The largest absolute Gasteiger partial charge is 0.270 e. The van der Waals surface area contributed by atoms with Gasteiger partial charge in [0, 0.05) is 30.2 Å². The van der Waals surface area contributed by atoms with E-state index in [1.54, 1.807) is 31.2 Å². The quantitative estimate of drug-likeness (QED) is 0.587. The Balaban J connectivity index is 2.38. The Bertz CT molecular complexity index is 824. The first-order chi connectivity index (χ1) is 10.9. The van der Waals surface area contributed by atoms with Crippen molar-refractivity contribution in [2.45, 2.75) is 18.4 Å². The number of halogens is 1. The fraction of sp³-hybridized carbons (Fsp3) is 0.200. The molecule has 122 valence electrons. The Morgan fingerprint density at radius 1 is 1.17 bits per heavy atom. The molecule has 0 aromatic heterocycles. The highest BCUT2D eigenvalue weighted by Crippen LogP contribution is 2.24. The summed E-state index contributed by atoms with van der Waals surface area (Å²) < 4.78 is 26.7. The molecule has 0 N–H and O–H groups in total. The topological polar surface area (TPSA) is 80.5 Å². The van der Waals surface area contributed by atoms with Crippen LogP contribution in [0.2, 0.25) is 5.02 Å². The van der Waals surface area contributed by atoms with Crippen LogP contribution in [0, 0.1) is 10.1 Å². The maximum atomic E-state index is 12.7. The van der Waals surface area contributed by atoms with Crippen LogP contribution in [-0.4, -0.2) is 24.2 Å². The molecule has 8 heteroatoms. The Labute approximate surface area is 139 Å². The number of hydrogen-bond donors (Lipinski definition) is 0. The summed E-state index contributed by atoms with van der Waals surface area (Å²) in [6.07, 6.45) is 0. The number of non-ortho nitro benzene ring substituents is 1. The lowest BCUT2D eigenvalue weighted by Crippen LogP contribution is -2.30. The summed E-state index contributed by atoms with van der Waals surface area (Å²) >= 11 is 6.08. The molecule has 2 rings (SSSR count). The Morgan fingerprint density at radius 3 is 2.48 bits per heavy atom. The summed E-state index contributed by atoms with van der Waals surface area (Å²) in [5.74, 6) is 0. The standard InChI is InChI=1S/C15H15ClN2O4S/c1-2-17(11-12-6-3-4-9-15(12)16)23(21,22)14-8-5-7-13(10-14)18(19)20/h3-10H,2,11H2,1H3. The van der Waals surface area contributed by atoms with Gasteiger partial charge in [0.25, 0.3) is 5.69 Å². The highest BCUT2D eigenvalue weighted by Gasteiger charge is 2.25. The summed E-state index contributed by atoms with van der Waals surface area (Å²) in [5.41, 5.74) is 0.407. The highest BCUT2D eigenvalue weighted by atomic mass is 35.5. The molecule has 0 saturated heterocycles. The maximum Gasteiger partial charge on any atom is 0.270 e. The van der Waals surface area contributed by atoms with Crippen LogP contribution in [0.4, 0.5) is 5.69 Å². The molecule has 0 atom stereocenters. The summed E-state index contributed by atoms with van der Waals surface area (Å²) in [6.45, 7) is 2.02. The van der Waals surface area contributed by atoms with Gasteiger partial charge < -0.3 is 0 Å². The van der Waals surface area contributed by atoms with E-state index in [9.17, 15) is 18.5 Å². The molecule has 0 amide bonds. The second-order valence-corrected chi connectivity index (χ2v) is 7.12. The van der Waals surface area contributed by atoms with Gasteiger partial charge in [-0.3, -0.25) is 10.1 Å². The number of nitro benzene ring substituents is 1. The molecule has 0 unspecified atom stereocenters. The molecule has 0 aliphatic heterocycles. The first-order valence-corrected chi connectivity index (χ1v) is 8.66. The summed E-state index contributed by atoms with van der Waals surface area (Å²) in [7, 11) is -3.85. The zero-order valence-electron chi connectivity index (χ0n) is 12.3. The fourth-order valence-corrected chi connectivity index (χ4v) is 3.75. The van der Waals surface area contributed by atoms with E-state index in [2.05, 4.69) is 0 Å². The first-order valence-electron chi connectivity index (χ1n) is 6.84. The number of nitrogens with zero attached hydrogens (tertiary/aromatic N) is 2. The summed E-state index contributed by atoms with van der Waals surface area (Å²) in [4.78, 5) is 10.1. The number of sulfonamides is 1. The maximum absolute atomic E-state index is 12.7. The van der Waals surface area contributed by atoms with Crippen LogP contribution in [0.25, 0.3) is 0 Å². The number of hydrogen-bond acceptors (Lipinski definition) is 4. The van der Waals surface area contributed by atoms with Crippen molar-refractivity contribution in [2.24, 2.45) is 0 Å². The van der Waals surface area contributed by atoms with E-state index in [1.165, 1.54) is 22.5 Å². The van der Waals surface area contributed by atoms with E-state index >= 15 is 0 Å². The predicted octanol–water partition coefficient (Wildman–Crippen LogP) is 3.46. The number of rotatable bonds is 6. The Kier molecular flexibility index (Phi) is 5.35. The van der Waals surface area contributed by atoms with E-state index in [1.807, 2.05) is 0 Å². The van der Waals surface area contributed by atoms with E-state index < -0.39 is 14.9 Å². The van der Waals surface area contributed by atoms with Crippen molar-refractivity contribution >= 4 is 27.3 Å². The molecular formula is C15H15ClN2O4S. The summed E-state index contributed by atoms with van der Waals surface area (Å²) in [5, 5.41) is 11.3. The average Bonchev–Trinajstić information content (AvgIpc) is 2.54. The zero-order valence-corrected chi connectivity index (χ0v) is 13.9. The molecule has 6 nitrogen and oxygen atoms in total. The highest BCUT2D eigenvalue weighted by molar-refractivity contribution is 7.89. The predicted molar refractivity (Wildman–Crippen MR) is 87.8 cm³/mol. The number of benzene rings is 2. The first kappa shape index (κ1) is 17.4. The lowest BCUT2D eigenvalue weighted by molar-refractivity contribution is -0.385. The van der Waals surface area contributed by atoms with Crippen molar-refractivity contribution in [3.05, 3.63) is 69.2 Å². The third kappa shape index (κ3) is 3.87. The van der Waals surface area contributed by atoms with Gasteiger partial charge in [0.15, 0.2) is 0 Å². The van der Waals surface area contributed by atoms with Crippen LogP contribution < -0.4 is 0 Å². The fourth-order valence-electron chi connectivity index (χ4n) is 2.09. The van der Waals surface area contributed by atoms with Crippen molar-refractivity contribution in [3.8, 4) is 0 Å².